The van der Waals surface area contributed by atoms with Crippen LogP contribution in [0.5, 0.6) is 0 Å². The van der Waals surface area contributed by atoms with Gasteiger partial charge in [-0.25, -0.2) is 0 Å². The minimum atomic E-state index is -4.22. The van der Waals surface area contributed by atoms with Crippen LogP contribution in [-0.2, 0) is 24.3 Å². The molecule has 0 bridgehead atoms. The number of benzene rings is 1. The Kier molecular flexibility index (Phi) is 5.28. The number of carbonyl (C=O) groups is 1. The Hall–Kier alpha value is -2.74. The van der Waals surface area contributed by atoms with Crippen molar-refractivity contribution < 1.29 is 18.0 Å². The zero-order valence-electron chi connectivity index (χ0n) is 18.0. The zero-order chi connectivity index (χ0) is 22.5. The maximum atomic E-state index is 12.9. The van der Waals surface area contributed by atoms with E-state index >= 15 is 0 Å². The molecule has 0 saturated carbocycles. The molecule has 1 fully saturated rings. The Morgan fingerprint density at radius 3 is 2.78 bits per heavy atom. The van der Waals surface area contributed by atoms with Crippen LogP contribution in [0.25, 0.3) is 0 Å². The molecule has 0 N–H and O–H groups in total. The van der Waals surface area contributed by atoms with Gasteiger partial charge in [0.05, 0.1) is 25.2 Å². The summed E-state index contributed by atoms with van der Waals surface area (Å²) in [6, 6.07) is 7.99. The number of aryl methyl sites for hydroxylation is 1. The molecule has 5 rings (SSSR count). The first-order valence-corrected chi connectivity index (χ1v) is 11.0. The van der Waals surface area contributed by atoms with Crippen molar-refractivity contribution in [2.75, 3.05) is 19.6 Å². The van der Waals surface area contributed by atoms with E-state index < -0.39 is 12.7 Å². The summed E-state index contributed by atoms with van der Waals surface area (Å²) in [5.41, 5.74) is 7.15. The summed E-state index contributed by atoms with van der Waals surface area (Å²) in [7, 11) is 0. The number of alkyl halides is 3. The maximum absolute atomic E-state index is 12.9. The van der Waals surface area contributed by atoms with Gasteiger partial charge in [-0.15, -0.1) is 0 Å². The van der Waals surface area contributed by atoms with Crippen LogP contribution >= 0.6 is 0 Å². The third kappa shape index (κ3) is 4.16. The first-order chi connectivity index (χ1) is 15.3. The molecule has 32 heavy (non-hydrogen) atoms. The Morgan fingerprint density at radius 1 is 1.16 bits per heavy atom. The lowest BCUT2D eigenvalue weighted by Gasteiger charge is -2.41. The van der Waals surface area contributed by atoms with Gasteiger partial charge in [-0.1, -0.05) is 6.07 Å². The van der Waals surface area contributed by atoms with Crippen molar-refractivity contribution in [3.05, 3.63) is 64.0 Å². The smallest absolute Gasteiger partial charge is 0.334 e. The van der Waals surface area contributed by atoms with Gasteiger partial charge in [-0.3, -0.25) is 19.7 Å². The van der Waals surface area contributed by atoms with E-state index in [1.807, 2.05) is 19.1 Å². The van der Waals surface area contributed by atoms with Crippen LogP contribution in [0.15, 0.2) is 35.5 Å². The average Bonchev–Trinajstić information content (AvgIpc) is 3.13. The normalized spacial score (nSPS) is 21.4. The second-order valence-corrected chi connectivity index (χ2v) is 8.97. The summed E-state index contributed by atoms with van der Waals surface area (Å²) >= 11 is 0. The van der Waals surface area contributed by atoms with Gasteiger partial charge in [-0.05, 0) is 61.2 Å². The Balaban J connectivity index is 1.39. The molecular formula is C24H25F3N4O. The number of likely N-dealkylation sites (tertiary alicyclic amines) is 1. The summed E-state index contributed by atoms with van der Waals surface area (Å²) < 4.78 is 38.6. The van der Waals surface area contributed by atoms with E-state index in [0.717, 1.165) is 45.6 Å². The van der Waals surface area contributed by atoms with E-state index in [1.54, 1.807) is 11.1 Å². The van der Waals surface area contributed by atoms with E-state index in [9.17, 15) is 18.0 Å². The number of rotatable bonds is 3. The lowest BCUT2D eigenvalue weighted by atomic mass is 9.90. The van der Waals surface area contributed by atoms with Gasteiger partial charge < -0.3 is 4.90 Å². The maximum Gasteiger partial charge on any atom is 0.401 e. The second-order valence-electron chi connectivity index (χ2n) is 8.97. The third-order valence-electron chi connectivity index (χ3n) is 6.59. The first kappa shape index (κ1) is 21.1. The number of aromatic nitrogens is 1. The highest BCUT2D eigenvalue weighted by Crippen LogP contribution is 2.32. The Labute approximate surface area is 185 Å². The summed E-state index contributed by atoms with van der Waals surface area (Å²) in [6.07, 6.45) is -0.743. The highest BCUT2D eigenvalue weighted by atomic mass is 19.4. The molecule has 0 spiro atoms. The van der Waals surface area contributed by atoms with Crippen molar-refractivity contribution in [2.24, 2.45) is 4.99 Å². The molecule has 5 nitrogen and oxygen atoms in total. The molecule has 4 heterocycles. The molecule has 0 unspecified atom stereocenters. The molecule has 2 aromatic rings. The van der Waals surface area contributed by atoms with Crippen LogP contribution in [-0.4, -0.2) is 58.3 Å². The summed E-state index contributed by atoms with van der Waals surface area (Å²) in [5, 5.41) is 0. The average molecular weight is 442 g/mol. The number of piperidine rings is 1. The van der Waals surface area contributed by atoms with Crippen LogP contribution in [0.3, 0.4) is 0 Å². The number of hydrogen-bond acceptors (Lipinski definition) is 4. The van der Waals surface area contributed by atoms with E-state index in [4.69, 9.17) is 4.99 Å². The number of nitrogens with zero attached hydrogens (tertiary/aromatic N) is 4. The van der Waals surface area contributed by atoms with E-state index in [1.165, 1.54) is 4.90 Å². The van der Waals surface area contributed by atoms with Gasteiger partial charge in [0.25, 0.3) is 0 Å². The monoisotopic (exact) mass is 442 g/mol. The lowest BCUT2D eigenvalue weighted by molar-refractivity contribution is -0.152. The van der Waals surface area contributed by atoms with Crippen LogP contribution in [0.2, 0.25) is 0 Å². The molecule has 0 radical (unpaired) electrons. The highest BCUT2D eigenvalue weighted by molar-refractivity contribution is 6.15. The van der Waals surface area contributed by atoms with Gasteiger partial charge in [0.2, 0.25) is 5.91 Å². The van der Waals surface area contributed by atoms with Gasteiger partial charge in [0.1, 0.15) is 0 Å². The highest BCUT2D eigenvalue weighted by Gasteiger charge is 2.37. The molecule has 0 aliphatic carbocycles. The van der Waals surface area contributed by atoms with E-state index in [-0.39, 0.29) is 18.5 Å². The Bertz CT molecular complexity index is 1100. The first-order valence-electron chi connectivity index (χ1n) is 11.0. The van der Waals surface area contributed by atoms with Gasteiger partial charge in [-0.2, -0.15) is 13.2 Å². The summed E-state index contributed by atoms with van der Waals surface area (Å²) in [6.45, 7) is 2.76. The molecule has 3 aliphatic heterocycles. The number of amides is 1. The number of aliphatic imine (C=N–C) groups is 1. The van der Waals surface area contributed by atoms with Crippen molar-refractivity contribution >= 4 is 11.6 Å². The summed E-state index contributed by atoms with van der Waals surface area (Å²) in [4.78, 5) is 25.1. The molecule has 3 aliphatic rings. The number of fused-ring (bicyclic) bond motifs is 2. The largest absolute Gasteiger partial charge is 0.401 e. The minimum Gasteiger partial charge on any atom is -0.334 e. The standard InChI is InChI=1S/C24H25F3N4O/c1-15-7-16(4-5-28-15)23-21-9-19-12-31(22(32)10-17(19)8-18(21)11-29-23)20-3-2-6-30(13-20)14-24(25,26)27/h4-5,7-9,20H,2-3,6,10-14H2,1H3/t20-/m0/s1. The fourth-order valence-corrected chi connectivity index (χ4v) is 5.14. The van der Waals surface area contributed by atoms with Crippen molar-refractivity contribution in [3.8, 4) is 0 Å². The van der Waals surface area contributed by atoms with Gasteiger partial charge in [0.15, 0.2) is 0 Å². The van der Waals surface area contributed by atoms with Crippen LogP contribution in [0.1, 0.15) is 46.4 Å². The van der Waals surface area contributed by atoms with E-state index in [2.05, 4.69) is 17.1 Å². The summed E-state index contributed by atoms with van der Waals surface area (Å²) in [5.74, 6) is 0.000191. The zero-order valence-corrected chi connectivity index (χ0v) is 18.0. The Morgan fingerprint density at radius 2 is 2.00 bits per heavy atom. The van der Waals surface area contributed by atoms with Gasteiger partial charge in [0, 0.05) is 42.1 Å². The molecule has 8 heteroatoms. The predicted octanol–water partition coefficient (Wildman–Crippen LogP) is 3.65. The fourth-order valence-electron chi connectivity index (χ4n) is 5.14. The molecule has 1 aromatic heterocycles. The van der Waals surface area contributed by atoms with Crippen molar-refractivity contribution in [1.29, 1.82) is 0 Å². The van der Waals surface area contributed by atoms with Crippen molar-refractivity contribution in [2.45, 2.75) is 51.5 Å². The van der Waals surface area contributed by atoms with Crippen molar-refractivity contribution in [1.82, 2.24) is 14.8 Å². The second kappa shape index (κ2) is 7.99. The molecular weight excluding hydrogens is 417 g/mol. The lowest BCUT2D eigenvalue weighted by Crippen LogP contribution is -2.53. The quantitative estimate of drug-likeness (QED) is 0.729. The van der Waals surface area contributed by atoms with Gasteiger partial charge >= 0.3 is 6.18 Å². The topological polar surface area (TPSA) is 48.8 Å². The molecule has 1 saturated heterocycles. The van der Waals surface area contributed by atoms with Crippen LogP contribution in [0, 0.1) is 6.92 Å². The molecule has 168 valence electrons. The number of pyridine rings is 1. The number of carbonyl (C=O) groups excluding carboxylic acids is 1. The minimum absolute atomic E-state index is 0.000191. The fraction of sp³-hybridized carbons (Fsp3) is 0.458. The number of halogens is 3. The molecule has 1 aromatic carbocycles. The SMILES string of the molecule is Cc1cc(C2=NCc3cc4c(cc32)CN([C@H]2CCCN(CC(F)(F)F)C2)C(=O)C4)ccn1. The predicted molar refractivity (Wildman–Crippen MR) is 115 cm³/mol. The van der Waals surface area contributed by atoms with Crippen molar-refractivity contribution in [3.63, 3.8) is 0 Å². The number of hydrogen-bond donors (Lipinski definition) is 0. The molecule has 1 amide bonds. The molecule has 1 atom stereocenters. The third-order valence-corrected chi connectivity index (χ3v) is 6.59. The van der Waals surface area contributed by atoms with E-state index in [0.29, 0.717) is 32.5 Å². The van der Waals surface area contributed by atoms with Crippen LogP contribution < -0.4 is 0 Å². The van der Waals surface area contributed by atoms with Crippen LogP contribution in [0.4, 0.5) is 13.2 Å².